The summed E-state index contributed by atoms with van der Waals surface area (Å²) < 4.78 is 4.59. The number of aliphatic hydroxyl groups excluding tert-OH is 3. The summed E-state index contributed by atoms with van der Waals surface area (Å²) in [4.78, 5) is 75.6. The highest BCUT2D eigenvalue weighted by atomic mass is 16.5. The Morgan fingerprint density at radius 2 is 1.23 bits per heavy atom. The fraction of sp³-hybridized carbons (Fsp3) is 0.538. The summed E-state index contributed by atoms with van der Waals surface area (Å²) in [5, 5.41) is 48.1. The van der Waals surface area contributed by atoms with E-state index in [2.05, 4.69) is 26.0 Å². The van der Waals surface area contributed by atoms with Crippen molar-refractivity contribution in [3.05, 3.63) is 29.8 Å². The number of rotatable bonds is 16. The average Bonchev–Trinajstić information content (AvgIpc) is 2.92. The summed E-state index contributed by atoms with van der Waals surface area (Å²) in [6.07, 6.45) is -5.19. The monoisotopic (exact) mass is 612 g/mol. The zero-order valence-corrected chi connectivity index (χ0v) is 24.1. The van der Waals surface area contributed by atoms with Crippen molar-refractivity contribution in [2.24, 2.45) is 11.5 Å². The second-order valence-corrected chi connectivity index (χ2v) is 9.91. The first-order valence-electron chi connectivity index (χ1n) is 13.1. The van der Waals surface area contributed by atoms with Gasteiger partial charge in [0.1, 0.15) is 29.9 Å². The van der Waals surface area contributed by atoms with Crippen LogP contribution < -0.4 is 32.7 Å². The van der Waals surface area contributed by atoms with Gasteiger partial charge in [0.15, 0.2) is 6.04 Å². The van der Waals surface area contributed by atoms with Crippen molar-refractivity contribution in [1.29, 1.82) is 0 Å². The van der Waals surface area contributed by atoms with Crippen LogP contribution in [0.25, 0.3) is 0 Å². The predicted octanol–water partition coefficient (Wildman–Crippen LogP) is -4.61. The van der Waals surface area contributed by atoms with E-state index in [0.29, 0.717) is 5.56 Å². The van der Waals surface area contributed by atoms with Gasteiger partial charge in [0.2, 0.25) is 29.5 Å². The number of esters is 1. The van der Waals surface area contributed by atoms with Crippen molar-refractivity contribution in [2.75, 3.05) is 7.11 Å². The number of methoxy groups -OCH3 is 1. The lowest BCUT2D eigenvalue weighted by atomic mass is 10.0. The molecular weight excluding hydrogens is 572 g/mol. The largest absolute Gasteiger partial charge is 0.508 e. The fourth-order valence-electron chi connectivity index (χ4n) is 3.65. The van der Waals surface area contributed by atoms with Gasteiger partial charge < -0.3 is 57.9 Å². The predicted molar refractivity (Wildman–Crippen MR) is 148 cm³/mol. The third kappa shape index (κ3) is 11.8. The lowest BCUT2D eigenvalue weighted by Crippen LogP contribution is -2.62. The molecule has 0 aliphatic heterocycles. The number of amides is 5. The average molecular weight is 613 g/mol. The number of phenols is 1. The number of nitrogens with one attached hydrogen (secondary N) is 4. The number of primary amides is 1. The molecule has 0 aliphatic carbocycles. The Bertz CT molecular complexity index is 1140. The summed E-state index contributed by atoms with van der Waals surface area (Å²) in [5.41, 5.74) is 11.3. The van der Waals surface area contributed by atoms with Gasteiger partial charge in [-0.05, 0) is 38.5 Å². The molecule has 0 radical (unpaired) electrons. The van der Waals surface area contributed by atoms with Crippen LogP contribution in [-0.2, 0) is 39.9 Å². The molecule has 0 saturated heterocycles. The second kappa shape index (κ2) is 17.0. The number of nitrogens with two attached hydrogens (primary N) is 2. The lowest BCUT2D eigenvalue weighted by molar-refractivity contribution is -0.148. The third-order valence-electron chi connectivity index (χ3n) is 6.17. The van der Waals surface area contributed by atoms with Crippen molar-refractivity contribution < 1.29 is 53.9 Å². The summed E-state index contributed by atoms with van der Waals surface area (Å²) in [6.45, 7) is 3.60. The van der Waals surface area contributed by atoms with E-state index < -0.39 is 90.4 Å². The number of ether oxygens (including phenoxy) is 1. The second-order valence-electron chi connectivity index (χ2n) is 9.91. The Morgan fingerprint density at radius 1 is 0.744 bits per heavy atom. The highest BCUT2D eigenvalue weighted by Gasteiger charge is 2.35. The maximum atomic E-state index is 13.3. The zero-order chi connectivity index (χ0) is 33.0. The maximum Gasteiger partial charge on any atom is 0.331 e. The quantitative estimate of drug-likeness (QED) is 0.0789. The molecular formula is C26H40N6O11. The molecule has 0 aliphatic rings. The van der Waals surface area contributed by atoms with Crippen LogP contribution in [0, 0.1) is 0 Å². The molecule has 240 valence electrons. The van der Waals surface area contributed by atoms with Gasteiger partial charge in [-0.1, -0.05) is 12.1 Å². The molecule has 0 heterocycles. The topological polar surface area (TPSA) is 293 Å². The third-order valence-corrected chi connectivity index (χ3v) is 6.17. The van der Waals surface area contributed by atoms with Crippen LogP contribution in [-0.4, -0.2) is 112 Å². The first kappa shape index (κ1) is 36.7. The van der Waals surface area contributed by atoms with Crippen LogP contribution in [0.1, 0.15) is 32.8 Å². The number of hydrogen-bond acceptors (Lipinski definition) is 12. The van der Waals surface area contributed by atoms with E-state index in [-0.39, 0.29) is 12.2 Å². The normalized spacial score (nSPS) is 16.6. The van der Waals surface area contributed by atoms with Crippen molar-refractivity contribution in [1.82, 2.24) is 21.3 Å². The van der Waals surface area contributed by atoms with Crippen molar-refractivity contribution in [3.8, 4) is 5.75 Å². The van der Waals surface area contributed by atoms with Gasteiger partial charge in [0, 0.05) is 6.42 Å². The maximum absolute atomic E-state index is 13.3. The minimum absolute atomic E-state index is 0.0768. The molecule has 1 aromatic carbocycles. The molecule has 5 amide bonds. The molecule has 0 saturated carbocycles. The fourth-order valence-corrected chi connectivity index (χ4v) is 3.65. The molecule has 0 aromatic heterocycles. The zero-order valence-electron chi connectivity index (χ0n) is 24.1. The first-order chi connectivity index (χ1) is 20.0. The summed E-state index contributed by atoms with van der Waals surface area (Å²) in [5.74, 6) is -6.24. The molecule has 3 unspecified atom stereocenters. The Kier molecular flexibility index (Phi) is 14.5. The van der Waals surface area contributed by atoms with Crippen LogP contribution >= 0.6 is 0 Å². The van der Waals surface area contributed by atoms with Crippen LogP contribution in [0.4, 0.5) is 0 Å². The van der Waals surface area contributed by atoms with E-state index >= 15 is 0 Å². The molecule has 17 nitrogen and oxygen atoms in total. The Labute approximate surface area is 247 Å². The number of phenolic OH excluding ortho intramolecular Hbond substituents is 1. The van der Waals surface area contributed by atoms with Gasteiger partial charge in [-0.25, -0.2) is 4.79 Å². The smallest absolute Gasteiger partial charge is 0.331 e. The summed E-state index contributed by atoms with van der Waals surface area (Å²) in [6, 6.07) is -2.27. The first-order valence-corrected chi connectivity index (χ1v) is 13.1. The summed E-state index contributed by atoms with van der Waals surface area (Å²) in [7, 11) is 1.04. The van der Waals surface area contributed by atoms with Crippen LogP contribution in [0.15, 0.2) is 24.3 Å². The van der Waals surface area contributed by atoms with Gasteiger partial charge >= 0.3 is 5.97 Å². The van der Waals surface area contributed by atoms with E-state index in [1.165, 1.54) is 38.1 Å². The number of benzene rings is 1. The van der Waals surface area contributed by atoms with Crippen molar-refractivity contribution >= 4 is 35.5 Å². The highest BCUT2D eigenvalue weighted by Crippen LogP contribution is 2.12. The minimum atomic E-state index is -1.71. The Hall–Kier alpha value is -4.32. The van der Waals surface area contributed by atoms with Crippen molar-refractivity contribution in [3.63, 3.8) is 0 Å². The van der Waals surface area contributed by atoms with E-state index in [1.54, 1.807) is 0 Å². The molecule has 1 rings (SSSR count). The number of aromatic hydroxyl groups is 1. The molecule has 8 atom stereocenters. The number of carbonyl (C=O) groups is 6. The van der Waals surface area contributed by atoms with E-state index in [4.69, 9.17) is 11.5 Å². The Morgan fingerprint density at radius 3 is 1.70 bits per heavy atom. The highest BCUT2D eigenvalue weighted by molar-refractivity contribution is 5.97. The van der Waals surface area contributed by atoms with E-state index in [9.17, 15) is 49.2 Å². The van der Waals surface area contributed by atoms with Crippen LogP contribution in [0.3, 0.4) is 0 Å². The number of aliphatic hydroxyl groups is 3. The minimum Gasteiger partial charge on any atom is -0.508 e. The number of carbonyl (C=O) groups excluding carboxylic acids is 6. The lowest BCUT2D eigenvalue weighted by Gasteiger charge is -2.27. The molecule has 0 fully saturated rings. The van der Waals surface area contributed by atoms with Gasteiger partial charge in [0.25, 0.3) is 0 Å². The van der Waals surface area contributed by atoms with Gasteiger partial charge in [-0.3, -0.25) is 24.0 Å². The Balaban J connectivity index is 3.29. The van der Waals surface area contributed by atoms with Crippen LogP contribution in [0.5, 0.6) is 5.75 Å². The van der Waals surface area contributed by atoms with E-state index in [0.717, 1.165) is 14.0 Å². The van der Waals surface area contributed by atoms with Gasteiger partial charge in [0.05, 0.1) is 31.8 Å². The molecule has 43 heavy (non-hydrogen) atoms. The van der Waals surface area contributed by atoms with Gasteiger partial charge in [-0.15, -0.1) is 0 Å². The molecule has 0 spiro atoms. The standard InChI is InChI=1S/C26H40N6O11/c1-11(33)19(28)24(40)31-20(12(2)34)25(41)30-17(10-18(27)37)22(38)29-16(9-14-5-7-15(36)8-6-14)23(39)32-21(13(3)35)26(42)43-4/h5-8,11-13,16-17,19-21,33-36H,9-10,28H2,1-4H3,(H2,27,37)(H,29,38)(H,30,41)(H,31,40)(H,32,39)/t11?,12?,13?,16-,17-,19-,20-,21-/m0/s1. The SMILES string of the molecule is COC(=O)[C@@H](NC(=O)[C@H](Cc1ccc(O)cc1)NC(=O)[C@H](CC(N)=O)NC(=O)[C@@H](NC(=O)[C@@H](N)C(C)O)C(C)O)C(C)O. The molecule has 12 N–H and O–H groups in total. The summed E-state index contributed by atoms with van der Waals surface area (Å²) >= 11 is 0. The van der Waals surface area contributed by atoms with Crippen LogP contribution in [0.2, 0.25) is 0 Å². The molecule has 1 aromatic rings. The van der Waals surface area contributed by atoms with Crippen molar-refractivity contribution in [2.45, 2.75) is 82.1 Å². The number of hydrogen-bond donors (Lipinski definition) is 10. The molecule has 0 bridgehead atoms. The molecule has 17 heteroatoms. The van der Waals surface area contributed by atoms with Gasteiger partial charge in [-0.2, -0.15) is 0 Å². The van der Waals surface area contributed by atoms with E-state index in [1.807, 2.05) is 0 Å².